The lowest BCUT2D eigenvalue weighted by molar-refractivity contribution is -0.393. The summed E-state index contributed by atoms with van der Waals surface area (Å²) in [5, 5.41) is 26.1. The largest absolute Gasteiger partial charge is 0.414 e. The van der Waals surface area contributed by atoms with Crippen LogP contribution in [0.1, 0.15) is 61.8 Å². The molecule has 0 spiro atoms. The van der Waals surface area contributed by atoms with Crippen molar-refractivity contribution in [2.75, 3.05) is 18.2 Å². The number of nitro groups is 2. The standard InChI is InChI=1S/C25H43N3O10SSi2/c1-15(2)40(16(3)4)35-14-19-12-22(26-21-11-10-20(27(29)30)13-23(21)28(31)32)25(36-39(9,33)34)24(19)37-41(38-40,17(5)6)18(7)8/h10-11,13,15-19,22,24-26H,12,14H2,1-9H3/t19-,22-,24-,25-/m1/s1. The summed E-state index contributed by atoms with van der Waals surface area (Å²) < 4.78 is 51.7. The van der Waals surface area contributed by atoms with Crippen molar-refractivity contribution < 1.29 is 35.4 Å². The molecule has 0 aromatic heterocycles. The van der Waals surface area contributed by atoms with Crippen molar-refractivity contribution >= 4 is 44.3 Å². The number of benzene rings is 1. The van der Waals surface area contributed by atoms with Gasteiger partial charge in [0.1, 0.15) is 11.8 Å². The first kappa shape index (κ1) is 33.5. The third kappa shape index (κ3) is 6.83. The van der Waals surface area contributed by atoms with Crippen LogP contribution in [-0.2, 0) is 27.3 Å². The van der Waals surface area contributed by atoms with E-state index in [9.17, 15) is 28.6 Å². The Balaban J connectivity index is 2.14. The Hall–Kier alpha value is -1.96. The minimum Gasteiger partial charge on any atom is -0.414 e. The minimum absolute atomic E-state index is 0.00382. The van der Waals surface area contributed by atoms with Crippen molar-refractivity contribution in [1.82, 2.24) is 0 Å². The zero-order chi connectivity index (χ0) is 31.1. The van der Waals surface area contributed by atoms with Crippen LogP contribution in [0.5, 0.6) is 0 Å². The fraction of sp³-hybridized carbons (Fsp3) is 0.760. The van der Waals surface area contributed by atoms with Gasteiger partial charge in [-0.15, -0.1) is 0 Å². The Morgan fingerprint density at radius 3 is 1.98 bits per heavy atom. The maximum Gasteiger partial charge on any atom is 0.335 e. The molecule has 1 saturated carbocycles. The van der Waals surface area contributed by atoms with Crippen LogP contribution in [-0.4, -0.2) is 66.5 Å². The van der Waals surface area contributed by atoms with Gasteiger partial charge in [0, 0.05) is 18.6 Å². The van der Waals surface area contributed by atoms with Gasteiger partial charge in [-0.2, -0.15) is 8.42 Å². The highest BCUT2D eigenvalue weighted by Crippen LogP contribution is 2.49. The van der Waals surface area contributed by atoms with Crippen LogP contribution in [0.25, 0.3) is 0 Å². The molecule has 2 aliphatic rings. The fourth-order valence-corrected chi connectivity index (χ4v) is 18.1. The summed E-state index contributed by atoms with van der Waals surface area (Å²) in [5.74, 6) is -0.297. The van der Waals surface area contributed by atoms with Gasteiger partial charge in [0.15, 0.2) is 0 Å². The van der Waals surface area contributed by atoms with Crippen molar-refractivity contribution in [2.45, 2.75) is 102 Å². The lowest BCUT2D eigenvalue weighted by atomic mass is 10.1. The Kier molecular flexibility index (Phi) is 10.1. The van der Waals surface area contributed by atoms with E-state index in [2.05, 4.69) is 60.7 Å². The monoisotopic (exact) mass is 633 g/mol. The van der Waals surface area contributed by atoms with Gasteiger partial charge in [-0.05, 0) is 34.7 Å². The topological polar surface area (TPSA) is 169 Å². The van der Waals surface area contributed by atoms with Crippen molar-refractivity contribution in [3.63, 3.8) is 0 Å². The van der Waals surface area contributed by atoms with Crippen LogP contribution in [0.3, 0.4) is 0 Å². The molecule has 0 amide bonds. The molecule has 1 aromatic carbocycles. The first-order valence-corrected chi connectivity index (χ1v) is 19.7. The van der Waals surface area contributed by atoms with E-state index in [1.807, 2.05) is 0 Å². The fourth-order valence-electron chi connectivity index (χ4n) is 6.15. The van der Waals surface area contributed by atoms with E-state index >= 15 is 0 Å². The summed E-state index contributed by atoms with van der Waals surface area (Å²) in [6, 6.07) is 2.56. The lowest BCUT2D eigenvalue weighted by Gasteiger charge is -2.51. The molecule has 4 atom stereocenters. The number of nitrogens with one attached hydrogen (secondary N) is 1. The summed E-state index contributed by atoms with van der Waals surface area (Å²) in [4.78, 5) is 21.6. The number of rotatable bonds is 10. The van der Waals surface area contributed by atoms with Crippen LogP contribution in [0.15, 0.2) is 18.2 Å². The molecular weight excluding hydrogens is 591 g/mol. The summed E-state index contributed by atoms with van der Waals surface area (Å²) in [7, 11) is -9.92. The molecule has 0 radical (unpaired) electrons. The number of fused-ring (bicyclic) bond motifs is 1. The van der Waals surface area contributed by atoms with Crippen molar-refractivity contribution in [3.8, 4) is 0 Å². The summed E-state index contributed by atoms with van der Waals surface area (Å²) in [6.07, 6.45) is -0.497. The molecule has 1 saturated heterocycles. The molecule has 1 heterocycles. The van der Waals surface area contributed by atoms with Crippen LogP contribution in [0, 0.1) is 26.1 Å². The van der Waals surface area contributed by atoms with E-state index in [4.69, 9.17) is 17.2 Å². The van der Waals surface area contributed by atoms with E-state index in [1.165, 1.54) is 6.07 Å². The molecule has 0 bridgehead atoms. The first-order chi connectivity index (χ1) is 18.8. The molecule has 3 rings (SSSR count). The normalized spacial score (nSPS) is 26.2. The molecule has 0 unspecified atom stereocenters. The van der Waals surface area contributed by atoms with Crippen LogP contribution in [0.4, 0.5) is 17.1 Å². The van der Waals surface area contributed by atoms with Gasteiger partial charge < -0.3 is 18.3 Å². The Morgan fingerprint density at radius 1 is 0.951 bits per heavy atom. The van der Waals surface area contributed by atoms with Gasteiger partial charge in [0.05, 0.1) is 34.3 Å². The molecule has 1 aliphatic heterocycles. The van der Waals surface area contributed by atoms with Crippen molar-refractivity contribution in [3.05, 3.63) is 38.4 Å². The summed E-state index contributed by atoms with van der Waals surface area (Å²) in [5.41, 5.74) is -0.681. The third-order valence-electron chi connectivity index (χ3n) is 8.14. The smallest absolute Gasteiger partial charge is 0.335 e. The lowest BCUT2D eigenvalue weighted by Crippen LogP contribution is -2.65. The summed E-state index contributed by atoms with van der Waals surface area (Å²) >= 11 is 0. The highest BCUT2D eigenvalue weighted by Gasteiger charge is 2.61. The Morgan fingerprint density at radius 2 is 1.51 bits per heavy atom. The minimum atomic E-state index is -3.98. The zero-order valence-electron chi connectivity index (χ0n) is 25.2. The molecule has 1 N–H and O–H groups in total. The predicted octanol–water partition coefficient (Wildman–Crippen LogP) is 5.60. The second kappa shape index (κ2) is 12.3. The second-order valence-electron chi connectivity index (χ2n) is 12.3. The van der Waals surface area contributed by atoms with E-state index < -0.39 is 66.7 Å². The molecule has 41 heavy (non-hydrogen) atoms. The highest BCUT2D eigenvalue weighted by atomic mass is 32.2. The van der Waals surface area contributed by atoms with Gasteiger partial charge in [-0.3, -0.25) is 24.4 Å². The maximum absolute atomic E-state index is 12.5. The molecule has 232 valence electrons. The third-order valence-corrected chi connectivity index (χ3v) is 19.0. The number of anilines is 1. The zero-order valence-corrected chi connectivity index (χ0v) is 28.0. The van der Waals surface area contributed by atoms with E-state index in [-0.39, 0.29) is 40.4 Å². The highest BCUT2D eigenvalue weighted by molar-refractivity contribution is 7.86. The van der Waals surface area contributed by atoms with E-state index in [0.29, 0.717) is 6.42 Å². The molecule has 16 heteroatoms. The maximum atomic E-state index is 12.5. The van der Waals surface area contributed by atoms with E-state index in [0.717, 1.165) is 18.4 Å². The molecule has 1 aromatic rings. The van der Waals surface area contributed by atoms with Gasteiger partial charge in [0.2, 0.25) is 0 Å². The molecule has 1 aliphatic carbocycles. The first-order valence-electron chi connectivity index (χ1n) is 13.9. The molecule has 2 fully saturated rings. The number of hydrogen-bond acceptors (Lipinski definition) is 11. The average molecular weight is 634 g/mol. The summed E-state index contributed by atoms with van der Waals surface area (Å²) in [6.45, 7) is 16.9. The van der Waals surface area contributed by atoms with Crippen LogP contribution >= 0.6 is 0 Å². The molecule has 13 nitrogen and oxygen atoms in total. The van der Waals surface area contributed by atoms with Gasteiger partial charge in [-0.25, -0.2) is 0 Å². The van der Waals surface area contributed by atoms with Crippen molar-refractivity contribution in [1.29, 1.82) is 0 Å². The van der Waals surface area contributed by atoms with Gasteiger partial charge in [0.25, 0.3) is 21.5 Å². The SMILES string of the molecule is CC(C)[Si]1(C(C)C)OC[C@H]2C[C@@H](Nc3ccc([N+](=O)[O-])cc3[N+](=O)[O-])[C@@H](OS(C)(=O)=O)[C@@H]2O[Si](C(C)C)(C(C)C)O1. The van der Waals surface area contributed by atoms with Gasteiger partial charge in [-0.1, -0.05) is 55.4 Å². The second-order valence-corrected chi connectivity index (χ2v) is 22.7. The predicted molar refractivity (Wildman–Crippen MR) is 159 cm³/mol. The van der Waals surface area contributed by atoms with Gasteiger partial charge >= 0.3 is 17.1 Å². The number of nitrogens with zero attached hydrogens (tertiary/aromatic N) is 2. The Bertz CT molecular complexity index is 1230. The van der Waals surface area contributed by atoms with Crippen molar-refractivity contribution in [2.24, 2.45) is 5.92 Å². The molecular formula is C25H43N3O10SSi2. The quantitative estimate of drug-likeness (QED) is 0.147. The number of nitro benzene ring substituents is 2. The van der Waals surface area contributed by atoms with Crippen LogP contribution in [0.2, 0.25) is 22.2 Å². The average Bonchev–Trinajstić information content (AvgIpc) is 3.11. The Labute approximate surface area is 244 Å². The number of non-ortho nitro benzene ring substituents is 1. The van der Waals surface area contributed by atoms with Crippen LogP contribution < -0.4 is 5.32 Å². The van der Waals surface area contributed by atoms with E-state index in [1.54, 1.807) is 0 Å². The number of hydrogen-bond donors (Lipinski definition) is 1.